The Bertz CT molecular complexity index is 859. The second-order valence-corrected chi connectivity index (χ2v) is 8.40. The van der Waals surface area contributed by atoms with E-state index in [1.54, 1.807) is 12.1 Å². The molecule has 3 heterocycles. The Hall–Kier alpha value is -2.25. The SMILES string of the molecule is Cc1cnn(C2CCN(C)CC2)c1NC(=O)C1CCCN1Cc1cccc(F)c1. The van der Waals surface area contributed by atoms with Crippen molar-refractivity contribution in [2.45, 2.75) is 51.2 Å². The molecule has 0 saturated carbocycles. The Morgan fingerprint density at radius 2 is 2.03 bits per heavy atom. The minimum atomic E-state index is -0.236. The third-order valence-electron chi connectivity index (χ3n) is 6.19. The lowest BCUT2D eigenvalue weighted by molar-refractivity contribution is -0.120. The smallest absolute Gasteiger partial charge is 0.242 e. The van der Waals surface area contributed by atoms with Crippen LogP contribution in [-0.2, 0) is 11.3 Å². The Labute approximate surface area is 171 Å². The van der Waals surface area contributed by atoms with Crippen molar-refractivity contribution in [3.63, 3.8) is 0 Å². The van der Waals surface area contributed by atoms with Crippen LogP contribution in [0.3, 0.4) is 0 Å². The number of aryl methyl sites for hydroxylation is 1. The van der Waals surface area contributed by atoms with Gasteiger partial charge in [-0.3, -0.25) is 9.69 Å². The van der Waals surface area contributed by atoms with Gasteiger partial charge in [-0.05, 0) is 77.0 Å². The number of rotatable bonds is 5. The van der Waals surface area contributed by atoms with Crippen LogP contribution >= 0.6 is 0 Å². The number of benzene rings is 1. The summed E-state index contributed by atoms with van der Waals surface area (Å²) in [5, 5.41) is 7.74. The van der Waals surface area contributed by atoms with Crippen LogP contribution < -0.4 is 5.32 Å². The first kappa shape index (κ1) is 20.0. The Balaban J connectivity index is 1.45. The average Bonchev–Trinajstić information content (AvgIpc) is 3.30. The van der Waals surface area contributed by atoms with Gasteiger partial charge >= 0.3 is 0 Å². The monoisotopic (exact) mass is 399 g/mol. The Morgan fingerprint density at radius 3 is 2.79 bits per heavy atom. The molecule has 2 aromatic rings. The molecular weight excluding hydrogens is 369 g/mol. The van der Waals surface area contributed by atoms with E-state index in [2.05, 4.69) is 27.3 Å². The van der Waals surface area contributed by atoms with E-state index >= 15 is 0 Å². The number of nitrogens with one attached hydrogen (secondary N) is 1. The number of aromatic nitrogens is 2. The zero-order valence-electron chi connectivity index (χ0n) is 17.3. The normalized spacial score (nSPS) is 21.6. The molecule has 1 aromatic heterocycles. The van der Waals surface area contributed by atoms with E-state index in [0.717, 1.165) is 62.3 Å². The first-order chi connectivity index (χ1) is 14.0. The number of halogens is 1. The molecule has 2 saturated heterocycles. The van der Waals surface area contributed by atoms with E-state index in [1.807, 2.05) is 23.9 Å². The number of hydrogen-bond acceptors (Lipinski definition) is 4. The summed E-state index contributed by atoms with van der Waals surface area (Å²) < 4.78 is 15.5. The molecule has 1 N–H and O–H groups in total. The highest BCUT2D eigenvalue weighted by atomic mass is 19.1. The number of amides is 1. The van der Waals surface area contributed by atoms with Gasteiger partial charge in [0.1, 0.15) is 11.6 Å². The lowest BCUT2D eigenvalue weighted by atomic mass is 10.1. The Morgan fingerprint density at radius 1 is 1.24 bits per heavy atom. The molecule has 2 aliphatic heterocycles. The molecule has 1 aromatic carbocycles. The molecule has 156 valence electrons. The first-order valence-corrected chi connectivity index (χ1v) is 10.5. The van der Waals surface area contributed by atoms with E-state index < -0.39 is 0 Å². The molecule has 7 heteroatoms. The molecule has 1 amide bonds. The maximum Gasteiger partial charge on any atom is 0.242 e. The number of likely N-dealkylation sites (tertiary alicyclic amines) is 2. The van der Waals surface area contributed by atoms with Crippen LogP contribution in [0.1, 0.15) is 42.9 Å². The van der Waals surface area contributed by atoms with Crippen LogP contribution in [0.5, 0.6) is 0 Å². The van der Waals surface area contributed by atoms with Gasteiger partial charge in [0.25, 0.3) is 0 Å². The third-order valence-corrected chi connectivity index (χ3v) is 6.19. The number of carbonyl (C=O) groups is 1. The van der Waals surface area contributed by atoms with Crippen LogP contribution in [0.25, 0.3) is 0 Å². The summed E-state index contributed by atoms with van der Waals surface area (Å²) in [4.78, 5) is 17.6. The van der Waals surface area contributed by atoms with Gasteiger partial charge < -0.3 is 10.2 Å². The van der Waals surface area contributed by atoms with Gasteiger partial charge in [0.2, 0.25) is 5.91 Å². The molecule has 1 atom stereocenters. The zero-order valence-corrected chi connectivity index (χ0v) is 17.3. The number of hydrogen-bond donors (Lipinski definition) is 1. The highest BCUT2D eigenvalue weighted by Gasteiger charge is 2.32. The van der Waals surface area contributed by atoms with E-state index in [1.165, 1.54) is 6.07 Å². The van der Waals surface area contributed by atoms with E-state index in [4.69, 9.17) is 0 Å². The summed E-state index contributed by atoms with van der Waals surface area (Å²) in [6, 6.07) is 6.76. The molecule has 0 spiro atoms. The number of nitrogens with zero attached hydrogens (tertiary/aromatic N) is 4. The summed E-state index contributed by atoms with van der Waals surface area (Å²) >= 11 is 0. The van der Waals surface area contributed by atoms with Gasteiger partial charge in [-0.15, -0.1) is 0 Å². The predicted molar refractivity (Wildman–Crippen MR) is 111 cm³/mol. The number of piperidine rings is 1. The summed E-state index contributed by atoms with van der Waals surface area (Å²) in [5.41, 5.74) is 1.89. The summed E-state index contributed by atoms with van der Waals surface area (Å²) in [5.74, 6) is 0.596. The van der Waals surface area contributed by atoms with E-state index in [-0.39, 0.29) is 17.8 Å². The molecule has 4 rings (SSSR count). The predicted octanol–water partition coefficient (Wildman–Crippen LogP) is 3.20. The number of carbonyl (C=O) groups excluding carboxylic acids is 1. The van der Waals surface area contributed by atoms with Crippen molar-refractivity contribution < 1.29 is 9.18 Å². The van der Waals surface area contributed by atoms with Crippen molar-refractivity contribution in [1.29, 1.82) is 0 Å². The van der Waals surface area contributed by atoms with E-state index in [9.17, 15) is 9.18 Å². The van der Waals surface area contributed by atoms with Crippen molar-refractivity contribution in [3.05, 3.63) is 47.4 Å². The van der Waals surface area contributed by atoms with Crippen molar-refractivity contribution in [3.8, 4) is 0 Å². The van der Waals surface area contributed by atoms with Crippen LogP contribution in [0.2, 0.25) is 0 Å². The quantitative estimate of drug-likeness (QED) is 0.839. The second kappa shape index (κ2) is 8.63. The molecular formula is C22H30FN5O. The van der Waals surface area contributed by atoms with Crippen molar-refractivity contribution >= 4 is 11.7 Å². The summed E-state index contributed by atoms with van der Waals surface area (Å²) in [6.07, 6.45) is 5.71. The van der Waals surface area contributed by atoms with Gasteiger partial charge in [-0.1, -0.05) is 12.1 Å². The standard InChI is InChI=1S/C22H30FN5O/c1-16-14-24-28(19-8-11-26(2)12-9-19)21(16)25-22(29)20-7-4-10-27(20)15-17-5-3-6-18(23)13-17/h3,5-6,13-14,19-20H,4,7-12,15H2,1-2H3,(H,25,29). The maximum atomic E-state index is 13.5. The topological polar surface area (TPSA) is 53.4 Å². The van der Waals surface area contributed by atoms with Crippen LogP contribution in [0.4, 0.5) is 10.2 Å². The van der Waals surface area contributed by atoms with Gasteiger partial charge in [0, 0.05) is 12.1 Å². The average molecular weight is 400 g/mol. The van der Waals surface area contributed by atoms with Crippen molar-refractivity contribution in [1.82, 2.24) is 19.6 Å². The lowest BCUT2D eigenvalue weighted by Gasteiger charge is -2.30. The molecule has 2 fully saturated rings. The highest BCUT2D eigenvalue weighted by molar-refractivity contribution is 5.94. The zero-order chi connectivity index (χ0) is 20.4. The fourth-order valence-corrected chi connectivity index (χ4v) is 4.50. The van der Waals surface area contributed by atoms with Crippen LogP contribution in [-0.4, -0.2) is 58.2 Å². The van der Waals surface area contributed by atoms with Crippen molar-refractivity contribution in [2.75, 3.05) is 32.0 Å². The minimum absolute atomic E-state index is 0.0108. The van der Waals surface area contributed by atoms with Crippen LogP contribution in [0.15, 0.2) is 30.5 Å². The maximum absolute atomic E-state index is 13.5. The van der Waals surface area contributed by atoms with E-state index in [0.29, 0.717) is 12.6 Å². The van der Waals surface area contributed by atoms with Crippen molar-refractivity contribution in [2.24, 2.45) is 0 Å². The molecule has 2 aliphatic rings. The van der Waals surface area contributed by atoms with Gasteiger partial charge in [0.05, 0.1) is 18.3 Å². The largest absolute Gasteiger partial charge is 0.309 e. The molecule has 1 unspecified atom stereocenters. The molecule has 0 radical (unpaired) electrons. The summed E-state index contributed by atoms with van der Waals surface area (Å²) in [6.45, 7) is 5.51. The molecule has 29 heavy (non-hydrogen) atoms. The van der Waals surface area contributed by atoms with Gasteiger partial charge in [-0.25, -0.2) is 9.07 Å². The molecule has 6 nitrogen and oxygen atoms in total. The summed E-state index contributed by atoms with van der Waals surface area (Å²) in [7, 11) is 2.14. The fourth-order valence-electron chi connectivity index (χ4n) is 4.50. The lowest BCUT2D eigenvalue weighted by Crippen LogP contribution is -2.40. The highest BCUT2D eigenvalue weighted by Crippen LogP contribution is 2.28. The second-order valence-electron chi connectivity index (χ2n) is 8.40. The van der Waals surface area contributed by atoms with Gasteiger partial charge in [-0.2, -0.15) is 5.10 Å². The minimum Gasteiger partial charge on any atom is -0.309 e. The fraction of sp³-hybridized carbons (Fsp3) is 0.545. The van der Waals surface area contributed by atoms with Gasteiger partial charge in [0.15, 0.2) is 0 Å². The third kappa shape index (κ3) is 4.51. The Kier molecular flexibility index (Phi) is 5.96. The molecule has 0 bridgehead atoms. The first-order valence-electron chi connectivity index (χ1n) is 10.5. The van der Waals surface area contributed by atoms with Crippen LogP contribution in [0, 0.1) is 12.7 Å². The molecule has 0 aliphatic carbocycles. The number of anilines is 1.